The summed E-state index contributed by atoms with van der Waals surface area (Å²) in [6.45, 7) is 15.4. The highest BCUT2D eigenvalue weighted by atomic mass is 32.3. The van der Waals surface area contributed by atoms with Crippen molar-refractivity contribution >= 4 is 10.4 Å². The van der Waals surface area contributed by atoms with Gasteiger partial charge in [-0.1, -0.05) is 39.3 Å². The molecule has 4 saturated heterocycles. The second kappa shape index (κ2) is 14.6. The summed E-state index contributed by atoms with van der Waals surface area (Å²) < 4.78 is 72.9. The predicted molar refractivity (Wildman–Crippen MR) is 203 cm³/mol. The first-order chi connectivity index (χ1) is 26.9. The van der Waals surface area contributed by atoms with Crippen molar-refractivity contribution in [1.29, 1.82) is 0 Å². The van der Waals surface area contributed by atoms with Crippen molar-refractivity contribution in [3.05, 3.63) is 11.6 Å². The zero-order chi connectivity index (χ0) is 42.2. The lowest BCUT2D eigenvalue weighted by molar-refractivity contribution is -0.357. The van der Waals surface area contributed by atoms with Gasteiger partial charge in [0.2, 0.25) is 0 Å². The van der Waals surface area contributed by atoms with E-state index in [1.807, 2.05) is 6.92 Å². The van der Waals surface area contributed by atoms with Crippen molar-refractivity contribution in [1.82, 2.24) is 0 Å². The average Bonchev–Trinajstić information content (AvgIpc) is 3.66. The van der Waals surface area contributed by atoms with Crippen LogP contribution in [0.15, 0.2) is 11.6 Å². The first kappa shape index (κ1) is 43.8. The minimum atomic E-state index is -4.92. The highest BCUT2D eigenvalue weighted by molar-refractivity contribution is 7.80. The molecular formula is C41H66O16S. The summed E-state index contributed by atoms with van der Waals surface area (Å²) in [5, 5.41) is 66.2. The lowest BCUT2D eigenvalue weighted by Gasteiger charge is -2.70. The normalized spacial score (nSPS) is 54.8. The minimum absolute atomic E-state index is 0.0308. The Kier molecular flexibility index (Phi) is 11.0. The average molecular weight is 847 g/mol. The summed E-state index contributed by atoms with van der Waals surface area (Å²) in [7, 11) is -4.92. The van der Waals surface area contributed by atoms with Gasteiger partial charge in [-0.25, -0.2) is 4.18 Å². The Morgan fingerprint density at radius 1 is 0.828 bits per heavy atom. The fourth-order valence-electron chi connectivity index (χ4n) is 14.4. The Morgan fingerprint density at radius 2 is 1.55 bits per heavy atom. The molecule has 2 spiro atoms. The van der Waals surface area contributed by atoms with Crippen molar-refractivity contribution in [2.24, 2.45) is 51.2 Å². The standard InChI is InChI=1S/C41H66O16S/c1-20(2)14-21-15-52-41-18-40(19-53-41)22(33(41)39(21,7)47)8-9-26-37(5)12-11-27(36(3,4)25(37)10-13-38(26,40)6)56-34-31(46)32(23(42)16-51-34)57-35-30(45)29(44)28(43)24(55-35)17-54-58(48,49)50/h14,21-35,42-47H,8-13,15-19H2,1-7H3,(H,48,49,50)/t21?,22-,23+,24-,25+,26-,27+,28-,29+,30-,31-,32+,33+,34+,35+,37+,38-,39-,40+,41-/m1/s1. The number of aliphatic hydroxyl groups is 6. The van der Waals surface area contributed by atoms with Gasteiger partial charge in [0, 0.05) is 23.7 Å². The molecule has 8 fully saturated rings. The van der Waals surface area contributed by atoms with Crippen LogP contribution >= 0.6 is 0 Å². The quantitative estimate of drug-likeness (QED) is 0.105. The molecule has 58 heavy (non-hydrogen) atoms. The van der Waals surface area contributed by atoms with E-state index < -0.39 is 83.7 Å². The van der Waals surface area contributed by atoms with E-state index in [0.29, 0.717) is 31.5 Å². The maximum atomic E-state index is 12.3. The van der Waals surface area contributed by atoms with E-state index in [1.165, 1.54) is 5.57 Å². The number of ether oxygens (including phenoxy) is 6. The van der Waals surface area contributed by atoms with Gasteiger partial charge in [0.05, 0.1) is 38.1 Å². The lowest BCUT2D eigenvalue weighted by atomic mass is 9.35. The summed E-state index contributed by atoms with van der Waals surface area (Å²) in [5.41, 5.74) is -0.319. The van der Waals surface area contributed by atoms with Crippen molar-refractivity contribution < 1.29 is 76.2 Å². The Balaban J connectivity index is 0.973. The van der Waals surface area contributed by atoms with Crippen LogP contribution in [0.2, 0.25) is 0 Å². The maximum absolute atomic E-state index is 12.3. The van der Waals surface area contributed by atoms with Crippen LogP contribution in [-0.2, 0) is 43.0 Å². The van der Waals surface area contributed by atoms with Crippen molar-refractivity contribution in [3.63, 3.8) is 0 Å². The third kappa shape index (κ3) is 6.54. The van der Waals surface area contributed by atoms with Crippen LogP contribution in [-0.4, -0.2) is 143 Å². The Bertz CT molecular complexity index is 1700. The van der Waals surface area contributed by atoms with E-state index in [4.69, 9.17) is 33.0 Å². The molecule has 4 saturated carbocycles. The van der Waals surface area contributed by atoms with E-state index in [-0.39, 0.29) is 52.1 Å². The monoisotopic (exact) mass is 846 g/mol. The van der Waals surface area contributed by atoms with Crippen molar-refractivity contribution in [2.45, 2.75) is 166 Å². The van der Waals surface area contributed by atoms with Crippen LogP contribution in [0.1, 0.15) is 93.4 Å². The second-order valence-corrected chi connectivity index (χ2v) is 21.7. The molecular weight excluding hydrogens is 781 g/mol. The number of hydrogen-bond donors (Lipinski definition) is 7. The fraction of sp³-hybridized carbons (Fsp3) is 0.951. The molecule has 0 aromatic heterocycles. The number of fused-ring (bicyclic) bond motifs is 4. The molecule has 16 nitrogen and oxygen atoms in total. The van der Waals surface area contributed by atoms with Gasteiger partial charge in [0.15, 0.2) is 18.4 Å². The number of rotatable bonds is 8. The molecule has 8 rings (SSSR count). The van der Waals surface area contributed by atoms with Crippen LogP contribution < -0.4 is 0 Å². The van der Waals surface area contributed by atoms with E-state index in [1.54, 1.807) is 0 Å². The van der Waals surface area contributed by atoms with Gasteiger partial charge < -0.3 is 59.1 Å². The molecule has 0 radical (unpaired) electrons. The van der Waals surface area contributed by atoms with Gasteiger partial charge in [-0.15, -0.1) is 0 Å². The molecule has 332 valence electrons. The Labute approximate surface area is 341 Å². The largest absolute Gasteiger partial charge is 0.397 e. The van der Waals surface area contributed by atoms with Gasteiger partial charge in [0.1, 0.15) is 42.7 Å². The molecule has 17 heteroatoms. The molecule has 4 aliphatic heterocycles. The molecule has 20 atom stereocenters. The van der Waals surface area contributed by atoms with Gasteiger partial charge in [0.25, 0.3) is 0 Å². The molecule has 2 bridgehead atoms. The van der Waals surface area contributed by atoms with Gasteiger partial charge >= 0.3 is 10.4 Å². The molecule has 0 amide bonds. The summed E-state index contributed by atoms with van der Waals surface area (Å²) in [5.74, 6) is -0.00618. The summed E-state index contributed by atoms with van der Waals surface area (Å²) >= 11 is 0. The lowest BCUT2D eigenvalue weighted by Crippen LogP contribution is -2.68. The predicted octanol–water partition coefficient (Wildman–Crippen LogP) is 1.83. The maximum Gasteiger partial charge on any atom is 0.397 e. The first-order valence-corrected chi connectivity index (χ1v) is 22.5. The Morgan fingerprint density at radius 3 is 2.24 bits per heavy atom. The first-order valence-electron chi connectivity index (χ1n) is 21.2. The minimum Gasteiger partial charge on any atom is -0.389 e. The molecule has 1 unspecified atom stereocenters. The van der Waals surface area contributed by atoms with E-state index in [9.17, 15) is 39.1 Å². The summed E-state index contributed by atoms with van der Waals surface area (Å²) in [4.78, 5) is 0. The van der Waals surface area contributed by atoms with Crippen LogP contribution in [0, 0.1) is 51.2 Å². The van der Waals surface area contributed by atoms with Crippen LogP contribution in [0.4, 0.5) is 0 Å². The molecule has 4 aliphatic carbocycles. The van der Waals surface area contributed by atoms with Gasteiger partial charge in [-0.05, 0) is 93.3 Å². The Hall–Kier alpha value is -0.870. The highest BCUT2D eigenvalue weighted by Crippen LogP contribution is 2.80. The summed E-state index contributed by atoms with van der Waals surface area (Å²) in [6.07, 6.45) is -6.20. The molecule has 0 aromatic rings. The van der Waals surface area contributed by atoms with Gasteiger partial charge in [-0.2, -0.15) is 8.42 Å². The summed E-state index contributed by atoms with van der Waals surface area (Å²) in [6, 6.07) is 0. The third-order valence-corrected chi connectivity index (χ3v) is 17.5. The zero-order valence-electron chi connectivity index (χ0n) is 34.7. The molecule has 8 aliphatic rings. The number of allylic oxidation sites excluding steroid dienone is 1. The molecule has 7 N–H and O–H groups in total. The van der Waals surface area contributed by atoms with E-state index in [0.717, 1.165) is 38.5 Å². The SMILES string of the molecule is CC(C)=CC1CO[C@]23C[C@]4(CO2)[C@H](CC[C@@H]2[C@@]5(C)CC[C@H](O[C@@H]6OC[C@H](O)[C@H](O[C@@H]7O[C@H](COS(=O)(=O)O)[C@@H](O)[C@H](O)[C@H]7O)[C@H]6O)C(C)(C)[C@@H]5CC[C@]24C)[C@H]3[C@]1(C)O. The van der Waals surface area contributed by atoms with Crippen molar-refractivity contribution in [2.75, 3.05) is 26.4 Å². The van der Waals surface area contributed by atoms with E-state index >= 15 is 0 Å². The molecule has 4 heterocycles. The fourth-order valence-corrected chi connectivity index (χ4v) is 14.7. The number of hydrogen-bond acceptors (Lipinski definition) is 15. The highest BCUT2D eigenvalue weighted by Gasteiger charge is 2.81. The van der Waals surface area contributed by atoms with E-state index in [2.05, 4.69) is 51.8 Å². The smallest absolute Gasteiger partial charge is 0.389 e. The van der Waals surface area contributed by atoms with Crippen LogP contribution in [0.3, 0.4) is 0 Å². The van der Waals surface area contributed by atoms with Crippen molar-refractivity contribution in [3.8, 4) is 0 Å². The van der Waals surface area contributed by atoms with Crippen LogP contribution in [0.25, 0.3) is 0 Å². The third-order valence-electron chi connectivity index (χ3n) is 17.1. The molecule has 0 aromatic carbocycles. The zero-order valence-corrected chi connectivity index (χ0v) is 35.5. The van der Waals surface area contributed by atoms with Crippen LogP contribution in [0.5, 0.6) is 0 Å². The second-order valence-electron chi connectivity index (χ2n) is 20.6. The topological polar surface area (TPSA) is 240 Å². The van der Waals surface area contributed by atoms with Gasteiger partial charge in [-0.3, -0.25) is 4.55 Å². The number of aliphatic hydroxyl groups excluding tert-OH is 5.